The minimum Gasteiger partial charge on any atom is -0.394 e. The van der Waals surface area contributed by atoms with Crippen LogP contribution in [0.15, 0.2) is 12.7 Å². The first-order valence-electron chi connectivity index (χ1n) is 11.8. The molecule has 3 heterocycles. The molecule has 0 aromatic carbocycles. The molecule has 192 valence electrons. The molecule has 0 bridgehead atoms. The van der Waals surface area contributed by atoms with Crippen molar-refractivity contribution in [2.45, 2.75) is 82.3 Å². The second-order valence-corrected chi connectivity index (χ2v) is 10.2. The lowest BCUT2D eigenvalue weighted by Gasteiger charge is -2.16. The van der Waals surface area contributed by atoms with Crippen LogP contribution in [0.4, 0.5) is 5.82 Å². The molecule has 1 fully saturated rings. The van der Waals surface area contributed by atoms with Gasteiger partial charge in [0.25, 0.3) is 10.1 Å². The van der Waals surface area contributed by atoms with Gasteiger partial charge in [-0.3, -0.25) is 9.12 Å². The molecule has 0 aliphatic carbocycles. The number of hydrogen-bond donors (Lipinski definition) is 5. The Hall–Kier alpha value is -1.90. The van der Waals surface area contributed by atoms with Gasteiger partial charge in [-0.2, -0.15) is 8.42 Å². The maximum Gasteiger partial charge on any atom is 0.264 e. The van der Waals surface area contributed by atoms with E-state index in [1.165, 1.54) is 17.2 Å². The van der Waals surface area contributed by atoms with Crippen molar-refractivity contribution in [3.8, 4) is 0 Å². The van der Waals surface area contributed by atoms with Crippen LogP contribution in [0.2, 0.25) is 0 Å². The molecule has 34 heavy (non-hydrogen) atoms. The highest BCUT2D eigenvalue weighted by molar-refractivity contribution is 7.85. The molecular formula is C21H35N5O7S. The minimum atomic E-state index is -3.83. The van der Waals surface area contributed by atoms with Gasteiger partial charge in [0.2, 0.25) is 0 Å². The average molecular weight is 502 g/mol. The number of imidazole rings is 1. The van der Waals surface area contributed by atoms with E-state index in [1.807, 2.05) is 0 Å². The maximum atomic E-state index is 10.7. The zero-order valence-electron chi connectivity index (χ0n) is 19.2. The standard InChI is InChI=1S/C21H35N5O7S/c27-12-15-17(28)18(29)21(33-15)26-14-25-16-19(23-13-24-20(16)26)22-10-8-6-4-2-1-3-5-7-9-11-34(30,31)32/h13-15,17-18,21,27-29H,1-12H2,(H,22,23,24)(H,30,31,32). The molecule has 0 amide bonds. The van der Waals surface area contributed by atoms with Gasteiger partial charge in [0, 0.05) is 6.54 Å². The predicted molar refractivity (Wildman–Crippen MR) is 125 cm³/mol. The van der Waals surface area contributed by atoms with Crippen LogP contribution in [0.25, 0.3) is 11.2 Å². The van der Waals surface area contributed by atoms with Crippen LogP contribution in [0, 0.1) is 0 Å². The molecule has 1 saturated heterocycles. The maximum absolute atomic E-state index is 10.7. The van der Waals surface area contributed by atoms with Crippen LogP contribution in [0.3, 0.4) is 0 Å². The number of rotatable bonds is 15. The van der Waals surface area contributed by atoms with E-state index in [2.05, 4.69) is 20.3 Å². The van der Waals surface area contributed by atoms with Crippen molar-refractivity contribution in [1.82, 2.24) is 19.5 Å². The summed E-state index contributed by atoms with van der Waals surface area (Å²) in [6.07, 6.45) is 7.49. The van der Waals surface area contributed by atoms with Gasteiger partial charge in [-0.15, -0.1) is 0 Å². The van der Waals surface area contributed by atoms with Crippen LogP contribution in [0.5, 0.6) is 0 Å². The molecule has 12 nitrogen and oxygen atoms in total. The van der Waals surface area contributed by atoms with Gasteiger partial charge in [-0.05, 0) is 12.8 Å². The Kier molecular flexibility index (Phi) is 9.97. The van der Waals surface area contributed by atoms with Crippen LogP contribution in [-0.2, 0) is 14.9 Å². The van der Waals surface area contributed by atoms with Gasteiger partial charge in [-0.1, -0.05) is 44.9 Å². The SMILES string of the molecule is O=S(=O)(O)CCCCCCCCCCCNc1ncnc2c1ncn2C1OC(CO)C(O)C1O. The summed E-state index contributed by atoms with van der Waals surface area (Å²) >= 11 is 0. The first-order chi connectivity index (χ1) is 16.3. The van der Waals surface area contributed by atoms with E-state index >= 15 is 0 Å². The van der Waals surface area contributed by atoms with Crippen LogP contribution in [0.1, 0.15) is 64.0 Å². The smallest absolute Gasteiger partial charge is 0.264 e. The second-order valence-electron chi connectivity index (χ2n) is 8.67. The zero-order chi connectivity index (χ0) is 24.6. The fraction of sp³-hybridized carbons (Fsp3) is 0.762. The van der Waals surface area contributed by atoms with E-state index in [0.717, 1.165) is 57.9 Å². The van der Waals surface area contributed by atoms with Gasteiger partial charge in [0.15, 0.2) is 23.2 Å². The monoisotopic (exact) mass is 501 g/mol. The van der Waals surface area contributed by atoms with E-state index in [0.29, 0.717) is 23.4 Å². The number of nitrogens with one attached hydrogen (secondary N) is 1. The first kappa shape index (κ1) is 26.7. The predicted octanol–water partition coefficient (Wildman–Crippen LogP) is 1.25. The highest BCUT2D eigenvalue weighted by Gasteiger charge is 2.44. The van der Waals surface area contributed by atoms with E-state index in [1.54, 1.807) is 0 Å². The van der Waals surface area contributed by atoms with Gasteiger partial charge >= 0.3 is 0 Å². The van der Waals surface area contributed by atoms with Crippen LogP contribution < -0.4 is 5.32 Å². The molecule has 0 spiro atoms. The van der Waals surface area contributed by atoms with Crippen LogP contribution >= 0.6 is 0 Å². The summed E-state index contributed by atoms with van der Waals surface area (Å²) in [4.78, 5) is 12.9. The van der Waals surface area contributed by atoms with Crippen molar-refractivity contribution >= 4 is 27.1 Å². The molecule has 1 aliphatic rings. The molecule has 1 aliphatic heterocycles. The molecule has 0 saturated carbocycles. The Morgan fingerprint density at radius 1 is 0.941 bits per heavy atom. The highest BCUT2D eigenvalue weighted by atomic mass is 32.2. The Morgan fingerprint density at radius 3 is 2.21 bits per heavy atom. The number of anilines is 1. The molecular weight excluding hydrogens is 466 g/mol. The third kappa shape index (κ3) is 7.30. The summed E-state index contributed by atoms with van der Waals surface area (Å²) in [5.41, 5.74) is 0.998. The summed E-state index contributed by atoms with van der Waals surface area (Å²) in [5, 5.41) is 32.9. The third-order valence-electron chi connectivity index (χ3n) is 6.02. The Morgan fingerprint density at radius 2 is 1.59 bits per heavy atom. The molecule has 0 radical (unpaired) electrons. The van der Waals surface area contributed by atoms with Gasteiger partial charge < -0.3 is 25.4 Å². The van der Waals surface area contributed by atoms with Crippen molar-refractivity contribution in [2.24, 2.45) is 0 Å². The van der Waals surface area contributed by atoms with Gasteiger partial charge in [0.1, 0.15) is 24.6 Å². The molecule has 5 N–H and O–H groups in total. The van der Waals surface area contributed by atoms with E-state index in [9.17, 15) is 23.7 Å². The van der Waals surface area contributed by atoms with Crippen molar-refractivity contribution in [2.75, 3.05) is 24.2 Å². The normalized spacial score (nSPS) is 23.1. The lowest BCUT2D eigenvalue weighted by atomic mass is 10.1. The number of hydrogen-bond acceptors (Lipinski definition) is 10. The highest BCUT2D eigenvalue weighted by Crippen LogP contribution is 2.32. The summed E-state index contributed by atoms with van der Waals surface area (Å²) in [6.45, 7) is 0.322. The van der Waals surface area contributed by atoms with Gasteiger partial charge in [-0.25, -0.2) is 15.0 Å². The molecule has 4 atom stereocenters. The fourth-order valence-corrected chi connectivity index (χ4v) is 4.70. The van der Waals surface area contributed by atoms with Crippen molar-refractivity contribution < 1.29 is 33.0 Å². The van der Waals surface area contributed by atoms with E-state index < -0.39 is 41.3 Å². The summed E-state index contributed by atoms with van der Waals surface area (Å²) in [6, 6.07) is 0. The lowest BCUT2D eigenvalue weighted by molar-refractivity contribution is -0.0511. The number of ether oxygens (including phenoxy) is 1. The van der Waals surface area contributed by atoms with Crippen molar-refractivity contribution in [1.29, 1.82) is 0 Å². The topological polar surface area (TPSA) is 180 Å². The minimum absolute atomic E-state index is 0.150. The molecule has 2 aromatic heterocycles. The number of nitrogens with zero attached hydrogens (tertiary/aromatic N) is 4. The summed E-state index contributed by atoms with van der Waals surface area (Å²) in [7, 11) is -3.83. The Bertz CT molecular complexity index is 1000. The number of aliphatic hydroxyl groups is 3. The third-order valence-corrected chi connectivity index (χ3v) is 6.83. The number of aliphatic hydroxyl groups excluding tert-OH is 3. The van der Waals surface area contributed by atoms with E-state index in [4.69, 9.17) is 9.29 Å². The average Bonchev–Trinajstić information content (AvgIpc) is 3.35. The zero-order valence-corrected chi connectivity index (χ0v) is 20.0. The van der Waals surface area contributed by atoms with Crippen molar-refractivity contribution in [3.63, 3.8) is 0 Å². The Balaban J connectivity index is 1.36. The van der Waals surface area contributed by atoms with Crippen molar-refractivity contribution in [3.05, 3.63) is 12.7 Å². The fourth-order valence-electron chi connectivity index (χ4n) is 4.13. The van der Waals surface area contributed by atoms with Gasteiger partial charge in [0.05, 0.1) is 18.7 Å². The summed E-state index contributed by atoms with van der Waals surface area (Å²) in [5.74, 6) is 0.433. The quantitative estimate of drug-likeness (QED) is 0.175. The molecule has 3 rings (SSSR count). The number of aromatic nitrogens is 4. The Labute approximate surface area is 199 Å². The molecule has 2 aromatic rings. The lowest BCUT2D eigenvalue weighted by Crippen LogP contribution is -2.33. The number of unbranched alkanes of at least 4 members (excludes halogenated alkanes) is 8. The molecule has 4 unspecified atom stereocenters. The largest absolute Gasteiger partial charge is 0.394 e. The second kappa shape index (κ2) is 12.7. The first-order valence-corrected chi connectivity index (χ1v) is 13.4. The summed E-state index contributed by atoms with van der Waals surface area (Å²) < 4.78 is 37.1. The van der Waals surface area contributed by atoms with E-state index in [-0.39, 0.29) is 5.75 Å². The number of fused-ring (bicyclic) bond motifs is 1. The van der Waals surface area contributed by atoms with Crippen LogP contribution in [-0.4, -0.2) is 85.0 Å². The molecule has 13 heteroatoms.